The van der Waals surface area contributed by atoms with Crippen LogP contribution >= 0.6 is 17.1 Å². The molecule has 86 valence electrons. The summed E-state index contributed by atoms with van der Waals surface area (Å²) in [5.41, 5.74) is -2.96. The molecule has 0 radical (unpaired) electrons. The van der Waals surface area contributed by atoms with E-state index in [9.17, 15) is 0 Å². The first-order valence-electron chi connectivity index (χ1n) is 4.75. The van der Waals surface area contributed by atoms with Crippen LogP contribution in [-0.2, 0) is 20.9 Å². The van der Waals surface area contributed by atoms with E-state index in [0.717, 1.165) is 0 Å². The molecule has 1 aliphatic rings. The molecule has 0 N–H and O–H groups in total. The molecule has 1 rings (SSSR count). The van der Waals surface area contributed by atoms with E-state index < -0.39 is 5.69 Å². The zero-order valence-electron chi connectivity index (χ0n) is 9.44. The molecule has 0 aliphatic carbocycles. The van der Waals surface area contributed by atoms with Gasteiger partial charge in [-0.2, -0.15) is 5.26 Å². The third kappa shape index (κ3) is 2.95. The van der Waals surface area contributed by atoms with E-state index in [1.165, 1.54) is 11.4 Å². The van der Waals surface area contributed by atoms with Crippen LogP contribution in [0.4, 0.5) is 0 Å². The van der Waals surface area contributed by atoms with Crippen molar-refractivity contribution >= 4 is 28.9 Å². The fraction of sp³-hybridized carbons (Fsp3) is 0.889. The van der Waals surface area contributed by atoms with Crippen molar-refractivity contribution in [2.75, 3.05) is 5.75 Å². The molecule has 0 atom stereocenters. The summed E-state index contributed by atoms with van der Waals surface area (Å²) in [5.74, 6) is 0.680. The summed E-state index contributed by atoms with van der Waals surface area (Å²) >= 11 is 6.87. The maximum Gasteiger partial charge on any atom is 0.248 e. The Labute approximate surface area is 100 Å². The van der Waals surface area contributed by atoms with Crippen molar-refractivity contribution in [1.29, 1.82) is 5.26 Å². The SMILES string of the molecule is CC1(C)OP(=S)(SCCC#N)OC1(C)C. The van der Waals surface area contributed by atoms with Crippen molar-refractivity contribution in [1.82, 2.24) is 0 Å². The maximum atomic E-state index is 8.46. The second-order valence-corrected chi connectivity index (χ2v) is 10.7. The Bertz CT molecular complexity index is 315. The molecule has 1 fully saturated rings. The largest absolute Gasteiger partial charge is 0.313 e. The molecule has 0 aromatic heterocycles. The molecule has 1 aliphatic heterocycles. The normalized spacial score (nSPS) is 26.1. The van der Waals surface area contributed by atoms with Gasteiger partial charge in [-0.15, -0.1) is 0 Å². The van der Waals surface area contributed by atoms with Crippen molar-refractivity contribution in [3.63, 3.8) is 0 Å². The van der Waals surface area contributed by atoms with Gasteiger partial charge in [-0.25, -0.2) is 0 Å². The number of nitrogens with zero attached hydrogens (tertiary/aromatic N) is 1. The van der Waals surface area contributed by atoms with Crippen LogP contribution in [0.5, 0.6) is 0 Å². The first-order chi connectivity index (χ1) is 6.72. The third-order valence-corrected chi connectivity index (χ3v) is 8.00. The standard InChI is InChI=1S/C9H16NO2PS2/c1-8(2)9(3,4)12-13(14,11-8)15-7-5-6-10/h5,7H2,1-4H3. The fourth-order valence-corrected chi connectivity index (χ4v) is 7.33. The predicted molar refractivity (Wildman–Crippen MR) is 67.3 cm³/mol. The summed E-state index contributed by atoms with van der Waals surface area (Å²) in [6, 6.07) is 2.09. The second-order valence-electron chi connectivity index (χ2n) is 4.39. The van der Waals surface area contributed by atoms with E-state index in [-0.39, 0.29) is 11.2 Å². The lowest BCUT2D eigenvalue weighted by Crippen LogP contribution is -2.41. The molecular weight excluding hydrogens is 249 g/mol. The molecule has 0 aromatic rings. The summed E-state index contributed by atoms with van der Waals surface area (Å²) in [6.45, 7) is 7.97. The Hall–Kier alpha value is 0.410. The minimum atomic E-state index is -2.24. The highest BCUT2D eigenvalue weighted by atomic mass is 32.9. The van der Waals surface area contributed by atoms with Gasteiger partial charge in [0.15, 0.2) is 0 Å². The third-order valence-electron chi connectivity index (χ3n) is 2.59. The predicted octanol–water partition coefficient (Wildman–Crippen LogP) is 3.46. The first kappa shape index (κ1) is 13.5. The maximum absolute atomic E-state index is 8.46. The average molecular weight is 265 g/mol. The van der Waals surface area contributed by atoms with Gasteiger partial charge in [0.05, 0.1) is 17.3 Å². The molecule has 0 amide bonds. The van der Waals surface area contributed by atoms with E-state index in [2.05, 4.69) is 6.07 Å². The van der Waals surface area contributed by atoms with Gasteiger partial charge in [0, 0.05) is 12.2 Å². The number of rotatable bonds is 3. The molecule has 15 heavy (non-hydrogen) atoms. The van der Waals surface area contributed by atoms with Crippen molar-refractivity contribution < 1.29 is 9.05 Å². The minimum absolute atomic E-state index is 0.359. The van der Waals surface area contributed by atoms with E-state index >= 15 is 0 Å². The molecule has 3 nitrogen and oxygen atoms in total. The summed E-state index contributed by atoms with van der Waals surface area (Å²) in [4.78, 5) is 0. The molecule has 0 unspecified atom stereocenters. The highest BCUT2D eigenvalue weighted by Crippen LogP contribution is 2.71. The Kier molecular flexibility index (Phi) is 3.91. The Morgan fingerprint density at radius 1 is 1.27 bits per heavy atom. The molecular formula is C9H16NO2PS2. The molecule has 1 saturated heterocycles. The lowest BCUT2D eigenvalue weighted by molar-refractivity contribution is 0.00578. The van der Waals surface area contributed by atoms with Gasteiger partial charge in [0.25, 0.3) is 0 Å². The highest BCUT2D eigenvalue weighted by Gasteiger charge is 2.52. The zero-order chi connectivity index (χ0) is 11.7. The van der Waals surface area contributed by atoms with Gasteiger partial charge in [0.2, 0.25) is 5.69 Å². The van der Waals surface area contributed by atoms with E-state index in [1.807, 2.05) is 27.7 Å². The topological polar surface area (TPSA) is 42.2 Å². The second kappa shape index (κ2) is 4.35. The van der Waals surface area contributed by atoms with Gasteiger partial charge < -0.3 is 9.05 Å². The van der Waals surface area contributed by atoms with Crippen molar-refractivity contribution in [3.05, 3.63) is 0 Å². The minimum Gasteiger partial charge on any atom is -0.313 e. The molecule has 0 aromatic carbocycles. The number of hydrogen-bond donors (Lipinski definition) is 0. The molecule has 0 bridgehead atoms. The highest BCUT2D eigenvalue weighted by molar-refractivity contribution is 8.68. The first-order valence-corrected chi connectivity index (χ1v) is 8.98. The van der Waals surface area contributed by atoms with Crippen LogP contribution in [0, 0.1) is 11.3 Å². The van der Waals surface area contributed by atoms with Gasteiger partial charge in [-0.05, 0) is 39.5 Å². The van der Waals surface area contributed by atoms with E-state index in [1.54, 1.807) is 0 Å². The zero-order valence-corrected chi connectivity index (χ0v) is 12.0. The van der Waals surface area contributed by atoms with Gasteiger partial charge in [-0.3, -0.25) is 0 Å². The van der Waals surface area contributed by atoms with Crippen LogP contribution < -0.4 is 0 Å². The number of hydrogen-bond acceptors (Lipinski definition) is 5. The smallest absolute Gasteiger partial charge is 0.248 e. The van der Waals surface area contributed by atoms with Crippen LogP contribution in [0.2, 0.25) is 0 Å². The van der Waals surface area contributed by atoms with Gasteiger partial charge in [-0.1, -0.05) is 11.4 Å². The van der Waals surface area contributed by atoms with Crippen molar-refractivity contribution in [2.24, 2.45) is 0 Å². The Morgan fingerprint density at radius 2 is 1.73 bits per heavy atom. The molecule has 0 spiro atoms. The fourth-order valence-electron chi connectivity index (χ4n) is 1.05. The van der Waals surface area contributed by atoms with Crippen LogP contribution in [0.15, 0.2) is 0 Å². The monoisotopic (exact) mass is 265 g/mol. The quantitative estimate of drug-likeness (QED) is 0.577. The van der Waals surface area contributed by atoms with Crippen molar-refractivity contribution in [3.8, 4) is 6.07 Å². The molecule has 1 heterocycles. The molecule has 6 heteroatoms. The summed E-state index contributed by atoms with van der Waals surface area (Å²) in [7, 11) is 0. The van der Waals surface area contributed by atoms with Crippen LogP contribution in [0.1, 0.15) is 34.1 Å². The van der Waals surface area contributed by atoms with Crippen LogP contribution in [0.25, 0.3) is 0 Å². The Balaban J connectivity index is 2.68. The Morgan fingerprint density at radius 3 is 2.13 bits per heavy atom. The lowest BCUT2D eigenvalue weighted by atomic mass is 9.90. The summed E-state index contributed by atoms with van der Waals surface area (Å²) < 4.78 is 11.7. The summed E-state index contributed by atoms with van der Waals surface area (Å²) in [5, 5.41) is 8.46. The van der Waals surface area contributed by atoms with Crippen LogP contribution in [0.3, 0.4) is 0 Å². The van der Waals surface area contributed by atoms with E-state index in [0.29, 0.717) is 12.2 Å². The van der Waals surface area contributed by atoms with Gasteiger partial charge in [0.1, 0.15) is 0 Å². The average Bonchev–Trinajstić information content (AvgIpc) is 2.16. The molecule has 0 saturated carbocycles. The van der Waals surface area contributed by atoms with Gasteiger partial charge >= 0.3 is 0 Å². The van der Waals surface area contributed by atoms with Crippen LogP contribution in [-0.4, -0.2) is 17.0 Å². The van der Waals surface area contributed by atoms with E-state index in [4.69, 9.17) is 26.1 Å². The summed E-state index contributed by atoms with van der Waals surface area (Å²) in [6.07, 6.45) is 0.483. The lowest BCUT2D eigenvalue weighted by Gasteiger charge is -2.29. The van der Waals surface area contributed by atoms with Crippen molar-refractivity contribution in [2.45, 2.75) is 45.3 Å². The number of nitriles is 1.